The van der Waals surface area contributed by atoms with Crippen LogP contribution in [-0.2, 0) is 0 Å². The van der Waals surface area contributed by atoms with E-state index in [2.05, 4.69) is 0 Å². The van der Waals surface area contributed by atoms with Gasteiger partial charge in [0.15, 0.2) is 0 Å². The van der Waals surface area contributed by atoms with Crippen molar-refractivity contribution in [3.8, 4) is 0 Å². The number of carbonyl (C=O) groups is 1. The molecule has 0 radical (unpaired) electrons. The quantitative estimate of drug-likeness (QED) is 0.816. The highest BCUT2D eigenvalue weighted by Crippen LogP contribution is 2.23. The van der Waals surface area contributed by atoms with E-state index in [1.54, 1.807) is 12.1 Å². The molecule has 3 N–H and O–H groups in total. The molecule has 0 spiro atoms. The average molecular weight is 285 g/mol. The lowest BCUT2D eigenvalue weighted by Gasteiger charge is -2.33. The Morgan fingerprint density at radius 3 is 2.47 bits per heavy atom. The first-order chi connectivity index (χ1) is 8.59. The van der Waals surface area contributed by atoms with Crippen molar-refractivity contribution in [2.75, 3.05) is 18.8 Å². The van der Waals surface area contributed by atoms with Crippen LogP contribution in [0.2, 0.25) is 0 Å². The first-order valence-corrected chi connectivity index (χ1v) is 6.41. The molecule has 1 aromatic carbocycles. The van der Waals surface area contributed by atoms with Crippen LogP contribution in [0.4, 0.5) is 5.69 Å². The molecule has 1 amide bonds. The number of hydrogen-bond donors (Lipinski definition) is 2. The molecule has 1 aromatic rings. The van der Waals surface area contributed by atoms with E-state index in [0.29, 0.717) is 30.3 Å². The Kier molecular flexibility index (Phi) is 5.63. The lowest BCUT2D eigenvalue weighted by atomic mass is 9.92. The SMILES string of the molecule is CC(O)C1CCN(C(=O)c2ccccc2N)CC1.Cl. The molecular formula is C14H21ClN2O2. The van der Waals surface area contributed by atoms with Crippen molar-refractivity contribution >= 4 is 24.0 Å². The van der Waals surface area contributed by atoms with Gasteiger partial charge in [-0.05, 0) is 37.8 Å². The second kappa shape index (κ2) is 6.78. The van der Waals surface area contributed by atoms with Gasteiger partial charge in [-0.2, -0.15) is 0 Å². The van der Waals surface area contributed by atoms with Crippen LogP contribution in [0.1, 0.15) is 30.1 Å². The van der Waals surface area contributed by atoms with Crippen LogP contribution in [0.3, 0.4) is 0 Å². The molecule has 1 fully saturated rings. The van der Waals surface area contributed by atoms with Gasteiger partial charge in [0.25, 0.3) is 5.91 Å². The summed E-state index contributed by atoms with van der Waals surface area (Å²) in [6.07, 6.45) is 1.43. The number of nitrogens with zero attached hydrogens (tertiary/aromatic N) is 1. The number of amides is 1. The van der Waals surface area contributed by atoms with Gasteiger partial charge < -0.3 is 15.7 Å². The van der Waals surface area contributed by atoms with Crippen molar-refractivity contribution in [1.29, 1.82) is 0 Å². The fourth-order valence-electron chi connectivity index (χ4n) is 2.45. The Balaban J connectivity index is 0.00000180. The Hall–Kier alpha value is -1.26. The minimum Gasteiger partial charge on any atom is -0.398 e. The Morgan fingerprint density at radius 2 is 1.95 bits per heavy atom. The number of para-hydroxylation sites is 1. The van der Waals surface area contributed by atoms with Gasteiger partial charge >= 0.3 is 0 Å². The Labute approximate surface area is 120 Å². The highest BCUT2D eigenvalue weighted by molar-refractivity contribution is 5.99. The van der Waals surface area contributed by atoms with Crippen LogP contribution in [-0.4, -0.2) is 35.1 Å². The second-order valence-electron chi connectivity index (χ2n) is 4.96. The maximum Gasteiger partial charge on any atom is 0.255 e. The molecule has 0 saturated carbocycles. The molecule has 1 atom stereocenters. The molecule has 5 heteroatoms. The standard InChI is InChI=1S/C14H20N2O2.ClH/c1-10(17)11-6-8-16(9-7-11)14(18)12-4-2-3-5-13(12)15;/h2-5,10-11,17H,6-9,15H2,1H3;1H. The van der Waals surface area contributed by atoms with Crippen molar-refractivity contribution in [2.24, 2.45) is 5.92 Å². The van der Waals surface area contributed by atoms with E-state index >= 15 is 0 Å². The highest BCUT2D eigenvalue weighted by atomic mass is 35.5. The molecule has 1 heterocycles. The number of rotatable bonds is 2. The summed E-state index contributed by atoms with van der Waals surface area (Å²) in [4.78, 5) is 14.1. The predicted octanol–water partition coefficient (Wildman–Crippen LogP) is 1.92. The van der Waals surface area contributed by atoms with E-state index in [4.69, 9.17) is 5.73 Å². The van der Waals surface area contributed by atoms with Crippen LogP contribution in [0.25, 0.3) is 0 Å². The van der Waals surface area contributed by atoms with Gasteiger partial charge in [-0.25, -0.2) is 0 Å². The Morgan fingerprint density at radius 1 is 1.37 bits per heavy atom. The van der Waals surface area contributed by atoms with E-state index in [1.807, 2.05) is 24.0 Å². The zero-order valence-electron chi connectivity index (χ0n) is 11.1. The number of halogens is 1. The third-order valence-electron chi connectivity index (χ3n) is 3.70. The first kappa shape index (κ1) is 15.8. The number of anilines is 1. The summed E-state index contributed by atoms with van der Waals surface area (Å²) in [7, 11) is 0. The third kappa shape index (κ3) is 3.61. The lowest BCUT2D eigenvalue weighted by Crippen LogP contribution is -2.40. The number of hydrogen-bond acceptors (Lipinski definition) is 3. The van der Waals surface area contributed by atoms with E-state index < -0.39 is 0 Å². The predicted molar refractivity (Wildman–Crippen MR) is 78.4 cm³/mol. The zero-order chi connectivity index (χ0) is 13.1. The summed E-state index contributed by atoms with van der Waals surface area (Å²) >= 11 is 0. The molecule has 1 aliphatic heterocycles. The van der Waals surface area contributed by atoms with Crippen molar-refractivity contribution < 1.29 is 9.90 Å². The van der Waals surface area contributed by atoms with Crippen molar-refractivity contribution in [3.63, 3.8) is 0 Å². The summed E-state index contributed by atoms with van der Waals surface area (Å²) < 4.78 is 0. The number of nitrogens with two attached hydrogens (primary N) is 1. The third-order valence-corrected chi connectivity index (χ3v) is 3.70. The molecule has 0 bridgehead atoms. The van der Waals surface area contributed by atoms with Crippen LogP contribution in [0.5, 0.6) is 0 Å². The number of nitrogen functional groups attached to an aromatic ring is 1. The fourth-order valence-corrected chi connectivity index (χ4v) is 2.45. The van der Waals surface area contributed by atoms with Gasteiger partial charge in [0.1, 0.15) is 0 Å². The second-order valence-corrected chi connectivity index (χ2v) is 4.96. The summed E-state index contributed by atoms with van der Waals surface area (Å²) in [5.74, 6) is 0.305. The molecule has 106 valence electrons. The molecule has 0 aromatic heterocycles. The van der Waals surface area contributed by atoms with E-state index in [0.717, 1.165) is 12.8 Å². The fraction of sp³-hybridized carbons (Fsp3) is 0.500. The van der Waals surface area contributed by atoms with Gasteiger partial charge in [-0.15, -0.1) is 12.4 Å². The van der Waals surface area contributed by atoms with E-state index in [-0.39, 0.29) is 24.4 Å². The minimum atomic E-state index is -0.288. The maximum atomic E-state index is 12.3. The molecule has 2 rings (SSSR count). The summed E-state index contributed by atoms with van der Waals surface area (Å²) in [6, 6.07) is 7.16. The first-order valence-electron chi connectivity index (χ1n) is 6.41. The van der Waals surface area contributed by atoms with Crippen LogP contribution in [0.15, 0.2) is 24.3 Å². The van der Waals surface area contributed by atoms with Gasteiger partial charge in [-0.3, -0.25) is 4.79 Å². The van der Waals surface area contributed by atoms with Gasteiger partial charge in [0.2, 0.25) is 0 Å². The number of benzene rings is 1. The normalized spacial score (nSPS) is 17.7. The van der Waals surface area contributed by atoms with Gasteiger partial charge in [0.05, 0.1) is 11.7 Å². The topological polar surface area (TPSA) is 66.6 Å². The summed E-state index contributed by atoms with van der Waals surface area (Å²) in [5.41, 5.74) is 6.92. The van der Waals surface area contributed by atoms with E-state index in [1.165, 1.54) is 0 Å². The molecule has 0 aliphatic carbocycles. The smallest absolute Gasteiger partial charge is 0.255 e. The van der Waals surface area contributed by atoms with Crippen molar-refractivity contribution in [3.05, 3.63) is 29.8 Å². The van der Waals surface area contributed by atoms with Crippen LogP contribution in [0, 0.1) is 5.92 Å². The summed E-state index contributed by atoms with van der Waals surface area (Å²) in [6.45, 7) is 3.21. The van der Waals surface area contributed by atoms with Gasteiger partial charge in [-0.1, -0.05) is 12.1 Å². The summed E-state index contributed by atoms with van der Waals surface area (Å²) in [5, 5.41) is 9.54. The maximum absolute atomic E-state index is 12.3. The zero-order valence-corrected chi connectivity index (χ0v) is 11.9. The monoisotopic (exact) mass is 284 g/mol. The number of aliphatic hydroxyl groups is 1. The number of aliphatic hydroxyl groups excluding tert-OH is 1. The highest BCUT2D eigenvalue weighted by Gasteiger charge is 2.26. The molecule has 1 saturated heterocycles. The Bertz CT molecular complexity index is 429. The van der Waals surface area contributed by atoms with Crippen LogP contribution >= 0.6 is 12.4 Å². The van der Waals surface area contributed by atoms with Gasteiger partial charge in [0, 0.05) is 18.8 Å². The molecular weight excluding hydrogens is 264 g/mol. The molecule has 1 aliphatic rings. The number of likely N-dealkylation sites (tertiary alicyclic amines) is 1. The minimum absolute atomic E-state index is 0. The van der Waals surface area contributed by atoms with Crippen LogP contribution < -0.4 is 5.73 Å². The lowest BCUT2D eigenvalue weighted by molar-refractivity contribution is 0.0522. The average Bonchev–Trinajstić information content (AvgIpc) is 2.38. The molecule has 1 unspecified atom stereocenters. The van der Waals surface area contributed by atoms with Crippen molar-refractivity contribution in [1.82, 2.24) is 4.90 Å². The van der Waals surface area contributed by atoms with E-state index in [9.17, 15) is 9.90 Å². The molecule has 4 nitrogen and oxygen atoms in total. The molecule has 19 heavy (non-hydrogen) atoms. The number of carbonyl (C=O) groups excluding carboxylic acids is 1. The largest absolute Gasteiger partial charge is 0.398 e. The van der Waals surface area contributed by atoms with Crippen molar-refractivity contribution in [2.45, 2.75) is 25.9 Å². The number of piperidine rings is 1.